The van der Waals surface area contributed by atoms with Gasteiger partial charge in [-0.05, 0) is 68.4 Å². The van der Waals surface area contributed by atoms with Gasteiger partial charge in [0.2, 0.25) is 5.78 Å². The average molecular weight is 464 g/mol. The zero-order valence-electron chi connectivity index (χ0n) is 18.2. The Labute approximate surface area is 196 Å². The number of carbonyl (C=O) groups excluding carboxylic acids is 2. The van der Waals surface area contributed by atoms with E-state index in [4.69, 9.17) is 25.5 Å². The molecule has 4 aromatic rings. The van der Waals surface area contributed by atoms with Gasteiger partial charge in [0.1, 0.15) is 17.1 Å². The molecule has 0 saturated carbocycles. The van der Waals surface area contributed by atoms with Crippen LogP contribution in [0.3, 0.4) is 0 Å². The van der Waals surface area contributed by atoms with Crippen molar-refractivity contribution in [3.63, 3.8) is 0 Å². The zero-order chi connectivity index (χ0) is 23.4. The van der Waals surface area contributed by atoms with E-state index >= 15 is 0 Å². The summed E-state index contributed by atoms with van der Waals surface area (Å²) in [6.45, 7) is 4.73. The van der Waals surface area contributed by atoms with Crippen LogP contribution in [0.25, 0.3) is 11.0 Å². The van der Waals surface area contributed by atoms with Crippen LogP contribution in [0, 0.1) is 0 Å². The van der Waals surface area contributed by atoms with Gasteiger partial charge in [0, 0.05) is 16.5 Å². The topological polar surface area (TPSA) is 77.8 Å². The van der Waals surface area contributed by atoms with E-state index in [0.717, 1.165) is 0 Å². The second-order valence-electron chi connectivity index (χ2n) is 7.12. The summed E-state index contributed by atoms with van der Waals surface area (Å²) in [5, 5.41) is 3.79. The molecule has 168 valence electrons. The number of carbonyl (C=O) groups is 2. The standard InChI is InChI=1S/C26H22ClNO5/c1-3-31-18-12-9-16(10-13-18)26(30)28-23-19-7-5-6-8-21(19)33-25(23)24(29)17-11-14-22(32-4-2)20(27)15-17/h5-15H,3-4H2,1-2H3,(H,28,30). The monoisotopic (exact) mass is 463 g/mol. The Kier molecular flexibility index (Phi) is 6.66. The fourth-order valence-corrected chi connectivity index (χ4v) is 3.67. The van der Waals surface area contributed by atoms with Crippen molar-refractivity contribution in [2.75, 3.05) is 18.5 Å². The van der Waals surface area contributed by atoms with Crippen LogP contribution in [0.4, 0.5) is 5.69 Å². The number of fused-ring (bicyclic) bond motifs is 1. The third-order valence-electron chi connectivity index (χ3n) is 4.96. The number of hydrogen-bond acceptors (Lipinski definition) is 5. The summed E-state index contributed by atoms with van der Waals surface area (Å²) in [6, 6.07) is 18.7. The van der Waals surface area contributed by atoms with Crippen molar-refractivity contribution in [1.82, 2.24) is 0 Å². The molecule has 3 aromatic carbocycles. The lowest BCUT2D eigenvalue weighted by molar-refractivity contribution is 0.101. The number of anilines is 1. The maximum Gasteiger partial charge on any atom is 0.255 e. The average Bonchev–Trinajstić information content (AvgIpc) is 3.19. The molecular formula is C26H22ClNO5. The fraction of sp³-hybridized carbons (Fsp3) is 0.154. The van der Waals surface area contributed by atoms with Gasteiger partial charge in [-0.1, -0.05) is 23.7 Å². The first-order valence-electron chi connectivity index (χ1n) is 10.5. The first kappa shape index (κ1) is 22.4. The van der Waals surface area contributed by atoms with Gasteiger partial charge in [-0.15, -0.1) is 0 Å². The van der Waals surface area contributed by atoms with E-state index < -0.39 is 5.78 Å². The number of para-hydroxylation sites is 1. The van der Waals surface area contributed by atoms with E-state index in [1.54, 1.807) is 54.6 Å². The number of rotatable bonds is 8. The Bertz CT molecular complexity index is 1310. The predicted octanol–water partition coefficient (Wildman–Crippen LogP) is 6.37. The molecule has 4 rings (SSSR count). The van der Waals surface area contributed by atoms with E-state index in [2.05, 4.69) is 5.32 Å². The van der Waals surface area contributed by atoms with Gasteiger partial charge in [0.15, 0.2) is 5.76 Å². The third-order valence-corrected chi connectivity index (χ3v) is 5.26. The summed E-state index contributed by atoms with van der Waals surface area (Å²) in [4.78, 5) is 26.3. The van der Waals surface area contributed by atoms with Crippen LogP contribution >= 0.6 is 11.6 Å². The van der Waals surface area contributed by atoms with E-state index in [-0.39, 0.29) is 11.7 Å². The highest BCUT2D eigenvalue weighted by Gasteiger charge is 2.24. The molecule has 1 N–H and O–H groups in total. The molecule has 0 aliphatic rings. The lowest BCUT2D eigenvalue weighted by atomic mass is 10.1. The number of furan rings is 1. The number of amides is 1. The molecule has 1 amide bonds. The van der Waals surface area contributed by atoms with Gasteiger partial charge in [-0.25, -0.2) is 0 Å². The van der Waals surface area contributed by atoms with E-state index in [1.165, 1.54) is 6.07 Å². The summed E-state index contributed by atoms with van der Waals surface area (Å²) >= 11 is 6.27. The molecule has 0 radical (unpaired) electrons. The van der Waals surface area contributed by atoms with Gasteiger partial charge in [-0.3, -0.25) is 9.59 Å². The number of benzene rings is 3. The Hall–Kier alpha value is -3.77. The van der Waals surface area contributed by atoms with Crippen molar-refractivity contribution in [1.29, 1.82) is 0 Å². The summed E-state index contributed by atoms with van der Waals surface area (Å²) in [7, 11) is 0. The SMILES string of the molecule is CCOc1ccc(C(=O)Nc2c(C(=O)c3ccc(OCC)c(Cl)c3)oc3ccccc23)cc1. The molecule has 0 unspecified atom stereocenters. The Morgan fingerprint density at radius 2 is 1.61 bits per heavy atom. The molecule has 0 aliphatic heterocycles. The quantitative estimate of drug-likeness (QED) is 0.307. The molecule has 0 saturated heterocycles. The molecular weight excluding hydrogens is 442 g/mol. The largest absolute Gasteiger partial charge is 0.494 e. The van der Waals surface area contributed by atoms with Gasteiger partial charge in [-0.2, -0.15) is 0 Å². The highest BCUT2D eigenvalue weighted by atomic mass is 35.5. The predicted molar refractivity (Wildman–Crippen MR) is 128 cm³/mol. The zero-order valence-corrected chi connectivity index (χ0v) is 18.9. The van der Waals surface area contributed by atoms with Crippen molar-refractivity contribution >= 4 is 39.9 Å². The first-order valence-corrected chi connectivity index (χ1v) is 10.9. The normalized spacial score (nSPS) is 10.8. The maximum absolute atomic E-state index is 13.3. The van der Waals surface area contributed by atoms with Gasteiger partial charge in [0.05, 0.1) is 23.9 Å². The van der Waals surface area contributed by atoms with Crippen molar-refractivity contribution < 1.29 is 23.5 Å². The lowest BCUT2D eigenvalue weighted by Crippen LogP contribution is -2.14. The summed E-state index contributed by atoms with van der Waals surface area (Å²) in [5.41, 5.74) is 1.53. The molecule has 0 atom stereocenters. The number of hydrogen-bond donors (Lipinski definition) is 1. The highest BCUT2D eigenvalue weighted by molar-refractivity contribution is 6.32. The van der Waals surface area contributed by atoms with Crippen LogP contribution in [0.5, 0.6) is 11.5 Å². The molecule has 1 heterocycles. The van der Waals surface area contributed by atoms with Crippen LogP contribution in [0.15, 0.2) is 71.1 Å². The second kappa shape index (κ2) is 9.79. The Morgan fingerprint density at radius 1 is 0.909 bits per heavy atom. The second-order valence-corrected chi connectivity index (χ2v) is 7.53. The van der Waals surface area contributed by atoms with Crippen molar-refractivity contribution in [3.05, 3.63) is 88.6 Å². The number of halogens is 1. The minimum absolute atomic E-state index is 0.0238. The van der Waals surface area contributed by atoms with Crippen LogP contribution in [-0.2, 0) is 0 Å². The first-order chi connectivity index (χ1) is 16.0. The molecule has 7 heteroatoms. The lowest BCUT2D eigenvalue weighted by Gasteiger charge is -2.09. The fourth-order valence-electron chi connectivity index (χ4n) is 3.43. The minimum atomic E-state index is -0.404. The smallest absolute Gasteiger partial charge is 0.255 e. The van der Waals surface area contributed by atoms with Crippen LogP contribution < -0.4 is 14.8 Å². The van der Waals surface area contributed by atoms with Crippen LogP contribution in [0.2, 0.25) is 5.02 Å². The third kappa shape index (κ3) is 4.71. The molecule has 0 fully saturated rings. The Balaban J connectivity index is 1.69. The van der Waals surface area contributed by atoms with E-state index in [1.807, 2.05) is 19.9 Å². The molecule has 6 nitrogen and oxygen atoms in total. The number of ether oxygens (including phenoxy) is 2. The van der Waals surface area contributed by atoms with Gasteiger partial charge < -0.3 is 19.2 Å². The number of nitrogens with one attached hydrogen (secondary N) is 1. The summed E-state index contributed by atoms with van der Waals surface area (Å²) < 4.78 is 16.7. The van der Waals surface area contributed by atoms with E-state index in [9.17, 15) is 9.59 Å². The van der Waals surface area contributed by atoms with Gasteiger partial charge in [0.25, 0.3) is 5.91 Å². The summed E-state index contributed by atoms with van der Waals surface area (Å²) in [5.74, 6) is 0.410. The van der Waals surface area contributed by atoms with Crippen LogP contribution in [-0.4, -0.2) is 24.9 Å². The van der Waals surface area contributed by atoms with Crippen molar-refractivity contribution in [2.24, 2.45) is 0 Å². The Morgan fingerprint density at radius 3 is 2.30 bits per heavy atom. The van der Waals surface area contributed by atoms with Crippen LogP contribution in [0.1, 0.15) is 40.3 Å². The number of ketones is 1. The summed E-state index contributed by atoms with van der Waals surface area (Å²) in [6.07, 6.45) is 0. The molecule has 0 aliphatic carbocycles. The minimum Gasteiger partial charge on any atom is -0.494 e. The molecule has 0 spiro atoms. The molecule has 1 aromatic heterocycles. The highest BCUT2D eigenvalue weighted by Crippen LogP contribution is 2.34. The molecule has 0 bridgehead atoms. The van der Waals surface area contributed by atoms with E-state index in [0.29, 0.717) is 57.5 Å². The van der Waals surface area contributed by atoms with Crippen molar-refractivity contribution in [3.8, 4) is 11.5 Å². The van der Waals surface area contributed by atoms with Crippen molar-refractivity contribution in [2.45, 2.75) is 13.8 Å². The van der Waals surface area contributed by atoms with Gasteiger partial charge >= 0.3 is 0 Å². The maximum atomic E-state index is 13.3. The molecule has 33 heavy (non-hydrogen) atoms.